The lowest BCUT2D eigenvalue weighted by Gasteiger charge is -2.31. The molecule has 10 heteroatoms. The Balaban J connectivity index is 1.05. The van der Waals surface area contributed by atoms with E-state index in [0.29, 0.717) is 29.6 Å². The van der Waals surface area contributed by atoms with Crippen molar-refractivity contribution in [1.82, 2.24) is 25.1 Å². The zero-order valence-corrected chi connectivity index (χ0v) is 29.7. The number of nitrogens with zero attached hydrogens (tertiary/aromatic N) is 4. The van der Waals surface area contributed by atoms with E-state index in [1.54, 1.807) is 36.3 Å². The number of halogens is 1. The van der Waals surface area contributed by atoms with Gasteiger partial charge in [-0.3, -0.25) is 9.36 Å². The smallest absolute Gasteiger partial charge is 0.235 e. The monoisotopic (exact) mass is 703 g/mol. The van der Waals surface area contributed by atoms with Crippen molar-refractivity contribution in [3.8, 4) is 34.1 Å². The van der Waals surface area contributed by atoms with Gasteiger partial charge in [-0.25, -0.2) is 9.37 Å². The van der Waals surface area contributed by atoms with Gasteiger partial charge in [0.15, 0.2) is 11.0 Å². The van der Waals surface area contributed by atoms with Crippen molar-refractivity contribution >= 4 is 29.0 Å². The molecule has 0 aliphatic heterocycles. The number of aryl methyl sites for hydroxylation is 1. The lowest BCUT2D eigenvalue weighted by atomic mass is 9.73. The summed E-state index contributed by atoms with van der Waals surface area (Å²) in [4.78, 5) is 19.0. The Hall–Kier alpha value is -4.80. The molecule has 1 N–H and O–H groups in total. The molecular weight excluding hydrogens is 666 g/mol. The normalized spacial score (nSPS) is 12.8. The van der Waals surface area contributed by atoms with Gasteiger partial charge >= 0.3 is 0 Å². The molecule has 50 heavy (non-hydrogen) atoms. The van der Waals surface area contributed by atoms with Crippen molar-refractivity contribution in [2.75, 3.05) is 19.4 Å². The van der Waals surface area contributed by atoms with Crippen LogP contribution in [0, 0.1) is 12.7 Å². The number of thiazole rings is 1. The van der Waals surface area contributed by atoms with E-state index < -0.39 is 5.41 Å². The summed E-state index contributed by atoms with van der Waals surface area (Å²) in [6.45, 7) is 2.49. The molecule has 0 atom stereocenters. The van der Waals surface area contributed by atoms with Crippen molar-refractivity contribution in [1.29, 1.82) is 0 Å². The van der Waals surface area contributed by atoms with Gasteiger partial charge in [0.1, 0.15) is 22.7 Å². The zero-order valence-electron chi connectivity index (χ0n) is 28.1. The summed E-state index contributed by atoms with van der Waals surface area (Å²) < 4.78 is 21.5. The third-order valence-corrected chi connectivity index (χ3v) is 11.1. The van der Waals surface area contributed by atoms with E-state index in [1.807, 2.05) is 71.5 Å². The Labute approximate surface area is 300 Å². The third-order valence-electron chi connectivity index (χ3n) is 9.28. The fraction of sp³-hybridized carbons (Fsp3) is 0.250. The van der Waals surface area contributed by atoms with Gasteiger partial charge in [0.05, 0.1) is 17.8 Å². The number of thioether (sulfide) groups is 1. The molecule has 1 aliphatic rings. The van der Waals surface area contributed by atoms with E-state index >= 15 is 0 Å². The molecule has 0 saturated heterocycles. The van der Waals surface area contributed by atoms with E-state index in [2.05, 4.69) is 44.8 Å². The number of unbranched alkanes of at least 4 members (excludes halogenated alkanes) is 2. The fourth-order valence-electron chi connectivity index (χ4n) is 6.89. The van der Waals surface area contributed by atoms with E-state index in [9.17, 15) is 9.18 Å². The predicted molar refractivity (Wildman–Crippen MR) is 199 cm³/mol. The van der Waals surface area contributed by atoms with Crippen LogP contribution in [0.1, 0.15) is 47.4 Å². The molecule has 0 unspecified atom stereocenters. The maximum atomic E-state index is 14.4. The molecular formula is C40H38FN5O2S2. The topological polar surface area (TPSA) is 81.9 Å². The Bertz CT molecular complexity index is 2060. The summed E-state index contributed by atoms with van der Waals surface area (Å²) in [7, 11) is 1.66. The Kier molecular flexibility index (Phi) is 10.1. The van der Waals surface area contributed by atoms with Crippen LogP contribution >= 0.6 is 23.1 Å². The molecule has 0 radical (unpaired) electrons. The number of hydrogen-bond donors (Lipinski definition) is 1. The first-order valence-electron chi connectivity index (χ1n) is 16.9. The zero-order chi connectivity index (χ0) is 34.5. The van der Waals surface area contributed by atoms with Crippen LogP contribution in [0.2, 0.25) is 0 Å². The maximum absolute atomic E-state index is 14.4. The fourth-order valence-corrected chi connectivity index (χ4v) is 8.43. The van der Waals surface area contributed by atoms with Gasteiger partial charge in [-0.15, -0.1) is 21.5 Å². The molecule has 4 aromatic carbocycles. The standard InChI is InChI=1S/C40H38FN5O2S2/c1-27-43-36(26-50-27)37-44-45-39(46(37)30-12-10-11-29(41)25-30)49-24-9-3-8-22-40(38(47)42-23-21-28-17-19-31(48-2)20-18-28)34-15-6-4-13-32(34)33-14-5-7-16-35(33)40/h4-7,10-20,25-26H,3,8-9,21-24H2,1-2H3,(H,42,47). The Morgan fingerprint density at radius 3 is 2.34 bits per heavy atom. The summed E-state index contributed by atoms with van der Waals surface area (Å²) in [6.07, 6.45) is 4.16. The van der Waals surface area contributed by atoms with Crippen LogP contribution in [0.3, 0.4) is 0 Å². The van der Waals surface area contributed by atoms with Crippen molar-refractivity contribution in [3.63, 3.8) is 0 Å². The third kappa shape index (κ3) is 6.69. The van der Waals surface area contributed by atoms with Crippen LogP contribution in [0.25, 0.3) is 28.3 Å². The lowest BCUT2D eigenvalue weighted by Crippen LogP contribution is -2.45. The molecule has 7 nitrogen and oxygen atoms in total. The number of fused-ring (bicyclic) bond motifs is 3. The minimum Gasteiger partial charge on any atom is -0.497 e. The Morgan fingerprint density at radius 2 is 1.66 bits per heavy atom. The first-order valence-corrected chi connectivity index (χ1v) is 18.7. The summed E-state index contributed by atoms with van der Waals surface area (Å²) >= 11 is 3.15. The highest BCUT2D eigenvalue weighted by atomic mass is 32.2. The van der Waals surface area contributed by atoms with Crippen LogP contribution in [-0.4, -0.2) is 45.1 Å². The minimum atomic E-state index is -0.766. The molecule has 0 fully saturated rings. The minimum absolute atomic E-state index is 0.0470. The van der Waals surface area contributed by atoms with E-state index in [4.69, 9.17) is 4.74 Å². The molecule has 0 saturated carbocycles. The van der Waals surface area contributed by atoms with Gasteiger partial charge in [-0.2, -0.15) is 0 Å². The number of carbonyl (C=O) groups is 1. The van der Waals surface area contributed by atoms with Gasteiger partial charge in [-0.05, 0) is 84.3 Å². The Morgan fingerprint density at radius 1 is 0.920 bits per heavy atom. The SMILES string of the molecule is COc1ccc(CCNC(=O)C2(CCCCCSc3nnc(-c4csc(C)n4)n3-c3cccc(F)c3)c3ccccc3-c3ccccc32)cc1. The highest BCUT2D eigenvalue weighted by molar-refractivity contribution is 7.99. The molecule has 1 amide bonds. The van der Waals surface area contributed by atoms with E-state index in [0.717, 1.165) is 75.7 Å². The molecule has 1 aliphatic carbocycles. The van der Waals surface area contributed by atoms with Gasteiger partial charge in [0, 0.05) is 17.7 Å². The summed E-state index contributed by atoms with van der Waals surface area (Å²) in [6, 6.07) is 31.1. The molecule has 0 spiro atoms. The average molecular weight is 704 g/mol. The van der Waals surface area contributed by atoms with Crippen molar-refractivity contribution < 1.29 is 13.9 Å². The number of rotatable bonds is 14. The molecule has 2 heterocycles. The number of methoxy groups -OCH3 is 1. The van der Waals surface area contributed by atoms with Gasteiger partial charge in [-0.1, -0.05) is 91.3 Å². The largest absolute Gasteiger partial charge is 0.497 e. The van der Waals surface area contributed by atoms with Crippen LogP contribution < -0.4 is 10.1 Å². The highest BCUT2D eigenvalue weighted by Crippen LogP contribution is 2.51. The quantitative estimate of drug-likeness (QED) is 0.0902. The highest BCUT2D eigenvalue weighted by Gasteiger charge is 2.48. The molecule has 6 aromatic rings. The molecule has 2 aromatic heterocycles. The van der Waals surface area contributed by atoms with Gasteiger partial charge in [0.2, 0.25) is 5.91 Å². The van der Waals surface area contributed by atoms with Crippen molar-refractivity contribution in [2.45, 2.75) is 49.6 Å². The van der Waals surface area contributed by atoms with E-state index in [-0.39, 0.29) is 11.7 Å². The second-order valence-electron chi connectivity index (χ2n) is 12.4. The number of ether oxygens (including phenoxy) is 1. The second kappa shape index (κ2) is 15.0. The molecule has 7 rings (SSSR count). The number of carbonyl (C=O) groups excluding carboxylic acids is 1. The van der Waals surface area contributed by atoms with Crippen LogP contribution in [-0.2, 0) is 16.6 Å². The van der Waals surface area contributed by atoms with Crippen molar-refractivity contribution in [3.05, 3.63) is 130 Å². The second-order valence-corrected chi connectivity index (χ2v) is 14.5. The maximum Gasteiger partial charge on any atom is 0.235 e. The number of aromatic nitrogens is 4. The van der Waals surface area contributed by atoms with Gasteiger partial charge < -0.3 is 10.1 Å². The van der Waals surface area contributed by atoms with E-state index in [1.165, 1.54) is 12.1 Å². The predicted octanol–water partition coefficient (Wildman–Crippen LogP) is 8.83. The summed E-state index contributed by atoms with van der Waals surface area (Å²) in [5.74, 6) is 1.95. The first kappa shape index (κ1) is 33.7. The van der Waals surface area contributed by atoms with Crippen LogP contribution in [0.15, 0.2) is 108 Å². The average Bonchev–Trinajstić information content (AvgIpc) is 3.85. The number of nitrogens with one attached hydrogen (secondary N) is 1. The van der Waals surface area contributed by atoms with Crippen LogP contribution in [0.4, 0.5) is 4.39 Å². The number of hydrogen-bond acceptors (Lipinski definition) is 7. The van der Waals surface area contributed by atoms with Gasteiger partial charge in [0.25, 0.3) is 0 Å². The number of amides is 1. The number of benzene rings is 4. The lowest BCUT2D eigenvalue weighted by molar-refractivity contribution is -0.125. The first-order chi connectivity index (χ1) is 24.5. The summed E-state index contributed by atoms with van der Waals surface area (Å²) in [5.41, 5.74) is 6.18. The molecule has 254 valence electrons. The van der Waals surface area contributed by atoms with Crippen LogP contribution in [0.5, 0.6) is 5.75 Å². The van der Waals surface area contributed by atoms with Crippen molar-refractivity contribution in [2.24, 2.45) is 0 Å². The molecule has 0 bridgehead atoms. The summed E-state index contributed by atoms with van der Waals surface area (Å²) in [5, 5.41) is 15.8.